The van der Waals surface area contributed by atoms with E-state index in [-0.39, 0.29) is 0 Å². The zero-order valence-corrected chi connectivity index (χ0v) is 17.4. The molecule has 2 aromatic heterocycles. The molecule has 3 nitrogen and oxygen atoms in total. The molecule has 0 aliphatic carbocycles. The second-order valence-corrected chi connectivity index (χ2v) is 7.92. The number of hydrogen-bond acceptors (Lipinski definition) is 2. The lowest BCUT2D eigenvalue weighted by Crippen LogP contribution is -1.98. The number of rotatable bonds is 3. The summed E-state index contributed by atoms with van der Waals surface area (Å²) in [5.41, 5.74) is 10.8. The minimum Gasteiger partial charge on any atom is -0.228 e. The highest BCUT2D eigenvalue weighted by Gasteiger charge is 2.13. The first-order chi connectivity index (χ1) is 14.6. The first-order valence-corrected chi connectivity index (χ1v) is 10.2. The van der Waals surface area contributed by atoms with Gasteiger partial charge in [0, 0.05) is 22.8 Å². The van der Waals surface area contributed by atoms with Crippen molar-refractivity contribution >= 4 is 5.65 Å². The Morgan fingerprint density at radius 1 is 0.533 bits per heavy atom. The lowest BCUT2D eigenvalue weighted by atomic mass is 10.1. The molecule has 0 spiro atoms. The van der Waals surface area contributed by atoms with Crippen molar-refractivity contribution in [2.24, 2.45) is 0 Å². The van der Waals surface area contributed by atoms with Gasteiger partial charge in [0.2, 0.25) is 0 Å². The quantitative estimate of drug-likeness (QED) is 0.345. The molecule has 0 fully saturated rings. The van der Waals surface area contributed by atoms with E-state index in [1.807, 2.05) is 4.52 Å². The molecule has 0 amide bonds. The monoisotopic (exact) mass is 389 g/mol. The number of hydrogen-bond donors (Lipinski definition) is 0. The Labute approximate surface area is 176 Å². The molecular formula is C27H23N3. The molecule has 0 bridgehead atoms. The minimum atomic E-state index is 0.847. The average Bonchev–Trinajstić information content (AvgIpc) is 3.19. The van der Waals surface area contributed by atoms with Crippen LogP contribution in [0.1, 0.15) is 16.7 Å². The van der Waals surface area contributed by atoms with Crippen LogP contribution in [0.15, 0.2) is 84.9 Å². The lowest BCUT2D eigenvalue weighted by Gasteiger charge is -2.09. The fraction of sp³-hybridized carbons (Fsp3) is 0.111. The summed E-state index contributed by atoms with van der Waals surface area (Å²) in [5, 5.41) is 4.91. The standard InChI is InChI=1S/C27H23N3/c1-18-4-10-21(11-5-18)24-16-26(23-14-8-20(3)9-15-23)30-27(28-24)17-25(29-30)22-12-6-19(2)7-13-22/h4-17H,1-3H3. The van der Waals surface area contributed by atoms with Gasteiger partial charge in [-0.15, -0.1) is 0 Å². The van der Waals surface area contributed by atoms with Crippen LogP contribution in [-0.4, -0.2) is 14.6 Å². The summed E-state index contributed by atoms with van der Waals surface area (Å²) in [4.78, 5) is 4.94. The first-order valence-electron chi connectivity index (χ1n) is 10.2. The predicted octanol–water partition coefficient (Wildman–Crippen LogP) is 6.66. The summed E-state index contributed by atoms with van der Waals surface area (Å²) in [6.45, 7) is 6.30. The molecule has 0 aliphatic rings. The lowest BCUT2D eigenvalue weighted by molar-refractivity contribution is 0.953. The second kappa shape index (κ2) is 7.27. The Hall–Kier alpha value is -3.72. The van der Waals surface area contributed by atoms with Gasteiger partial charge in [0.15, 0.2) is 5.65 Å². The van der Waals surface area contributed by atoms with E-state index in [9.17, 15) is 0 Å². The van der Waals surface area contributed by atoms with Gasteiger partial charge in [0.1, 0.15) is 0 Å². The SMILES string of the molecule is Cc1ccc(-c2cc(-c3ccc(C)cc3)n3nc(-c4ccc(C)cc4)cc3n2)cc1. The fourth-order valence-corrected chi connectivity index (χ4v) is 3.64. The Balaban J connectivity index is 1.74. The number of benzene rings is 3. The van der Waals surface area contributed by atoms with E-state index in [0.29, 0.717) is 0 Å². The zero-order valence-electron chi connectivity index (χ0n) is 17.4. The topological polar surface area (TPSA) is 30.2 Å². The van der Waals surface area contributed by atoms with E-state index >= 15 is 0 Å². The molecule has 146 valence electrons. The molecule has 0 unspecified atom stereocenters. The Morgan fingerprint density at radius 2 is 1.00 bits per heavy atom. The van der Waals surface area contributed by atoms with Crippen LogP contribution < -0.4 is 0 Å². The van der Waals surface area contributed by atoms with Gasteiger partial charge in [-0.2, -0.15) is 5.10 Å². The van der Waals surface area contributed by atoms with Crippen LogP contribution >= 0.6 is 0 Å². The van der Waals surface area contributed by atoms with Gasteiger partial charge in [0.25, 0.3) is 0 Å². The van der Waals surface area contributed by atoms with Gasteiger partial charge in [-0.25, -0.2) is 9.50 Å². The third-order valence-electron chi connectivity index (χ3n) is 5.47. The van der Waals surface area contributed by atoms with Gasteiger partial charge in [0.05, 0.1) is 17.1 Å². The van der Waals surface area contributed by atoms with Crippen LogP contribution in [0.5, 0.6) is 0 Å². The Morgan fingerprint density at radius 3 is 1.53 bits per heavy atom. The molecule has 3 heteroatoms. The van der Waals surface area contributed by atoms with Gasteiger partial charge in [-0.05, 0) is 26.8 Å². The molecule has 0 saturated heterocycles. The number of aromatic nitrogens is 3. The summed E-state index contributed by atoms with van der Waals surface area (Å²) in [5.74, 6) is 0. The average molecular weight is 390 g/mol. The number of nitrogens with zero attached hydrogens (tertiary/aromatic N) is 3. The highest BCUT2D eigenvalue weighted by molar-refractivity contribution is 5.74. The molecule has 5 aromatic rings. The largest absolute Gasteiger partial charge is 0.228 e. The van der Waals surface area contributed by atoms with E-state index in [2.05, 4.69) is 106 Å². The van der Waals surface area contributed by atoms with Crippen molar-refractivity contribution in [3.8, 4) is 33.8 Å². The maximum absolute atomic E-state index is 4.94. The molecule has 0 N–H and O–H groups in total. The zero-order chi connectivity index (χ0) is 20.7. The predicted molar refractivity (Wildman–Crippen MR) is 124 cm³/mol. The van der Waals surface area contributed by atoms with Crippen LogP contribution in [0.25, 0.3) is 39.4 Å². The van der Waals surface area contributed by atoms with Crippen molar-refractivity contribution < 1.29 is 0 Å². The highest BCUT2D eigenvalue weighted by Crippen LogP contribution is 2.29. The molecule has 0 radical (unpaired) electrons. The van der Waals surface area contributed by atoms with E-state index in [1.54, 1.807) is 0 Å². The number of fused-ring (bicyclic) bond motifs is 1. The van der Waals surface area contributed by atoms with Crippen molar-refractivity contribution in [2.45, 2.75) is 20.8 Å². The van der Waals surface area contributed by atoms with Crippen molar-refractivity contribution in [3.63, 3.8) is 0 Å². The van der Waals surface area contributed by atoms with Crippen LogP contribution in [0, 0.1) is 20.8 Å². The van der Waals surface area contributed by atoms with Crippen LogP contribution in [0.2, 0.25) is 0 Å². The van der Waals surface area contributed by atoms with Crippen LogP contribution in [0.3, 0.4) is 0 Å². The maximum atomic E-state index is 4.94. The Bertz CT molecular complexity index is 1330. The summed E-state index contributed by atoms with van der Waals surface area (Å²) in [6.07, 6.45) is 0. The number of aryl methyl sites for hydroxylation is 3. The molecule has 0 saturated carbocycles. The summed E-state index contributed by atoms with van der Waals surface area (Å²) < 4.78 is 1.96. The fourth-order valence-electron chi connectivity index (χ4n) is 3.64. The molecule has 30 heavy (non-hydrogen) atoms. The summed E-state index contributed by atoms with van der Waals surface area (Å²) >= 11 is 0. The Kier molecular flexibility index (Phi) is 4.44. The molecule has 0 aliphatic heterocycles. The van der Waals surface area contributed by atoms with Crippen molar-refractivity contribution in [1.29, 1.82) is 0 Å². The second-order valence-electron chi connectivity index (χ2n) is 7.92. The minimum absolute atomic E-state index is 0.847. The van der Waals surface area contributed by atoms with E-state index in [4.69, 9.17) is 10.1 Å². The maximum Gasteiger partial charge on any atom is 0.156 e. The third-order valence-corrected chi connectivity index (χ3v) is 5.47. The molecule has 0 atom stereocenters. The summed E-state index contributed by atoms with van der Waals surface area (Å²) in [7, 11) is 0. The smallest absolute Gasteiger partial charge is 0.156 e. The molecule has 5 rings (SSSR count). The third kappa shape index (κ3) is 3.39. The van der Waals surface area contributed by atoms with Gasteiger partial charge >= 0.3 is 0 Å². The summed E-state index contributed by atoms with van der Waals surface area (Å²) in [6, 6.07) is 29.7. The molecule has 2 heterocycles. The molecule has 3 aromatic carbocycles. The van der Waals surface area contributed by atoms with Crippen LogP contribution in [-0.2, 0) is 0 Å². The van der Waals surface area contributed by atoms with E-state index in [1.165, 1.54) is 16.7 Å². The van der Waals surface area contributed by atoms with Gasteiger partial charge in [-0.1, -0.05) is 89.5 Å². The van der Waals surface area contributed by atoms with Gasteiger partial charge in [-0.3, -0.25) is 0 Å². The van der Waals surface area contributed by atoms with E-state index < -0.39 is 0 Å². The molecular weight excluding hydrogens is 366 g/mol. The first kappa shape index (κ1) is 18.3. The van der Waals surface area contributed by atoms with E-state index in [0.717, 1.165) is 39.4 Å². The van der Waals surface area contributed by atoms with Gasteiger partial charge < -0.3 is 0 Å². The van der Waals surface area contributed by atoms with Crippen molar-refractivity contribution in [1.82, 2.24) is 14.6 Å². The van der Waals surface area contributed by atoms with Crippen molar-refractivity contribution in [3.05, 3.63) is 102 Å². The van der Waals surface area contributed by atoms with Crippen LogP contribution in [0.4, 0.5) is 0 Å². The van der Waals surface area contributed by atoms with Crippen molar-refractivity contribution in [2.75, 3.05) is 0 Å². The normalized spacial score (nSPS) is 11.2. The highest BCUT2D eigenvalue weighted by atomic mass is 15.3.